The number of aromatic nitrogens is 2. The summed E-state index contributed by atoms with van der Waals surface area (Å²) in [5, 5.41) is 20.1. The molecule has 3 aromatic rings. The number of para-hydroxylation sites is 1. The SMILES string of the molecule is CCOC(=O)c1c2c(nn1-c1ccc(Oc3ccccc3)cc1)C(C1(O)CCN(C(=O)OC(C)(C)C)CC1)CCN2. The topological polar surface area (TPSA) is 115 Å². The monoisotopic (exact) mass is 562 g/mol. The van der Waals surface area contributed by atoms with Crippen LogP contribution in [-0.4, -0.2) is 69.3 Å². The Morgan fingerprint density at radius 1 is 1.05 bits per heavy atom. The summed E-state index contributed by atoms with van der Waals surface area (Å²) in [6, 6.07) is 16.8. The van der Waals surface area contributed by atoms with Crippen LogP contribution in [0.2, 0.25) is 0 Å². The third-order valence-electron chi connectivity index (χ3n) is 7.44. The number of amides is 1. The number of piperidine rings is 1. The van der Waals surface area contributed by atoms with Gasteiger partial charge in [-0.3, -0.25) is 0 Å². The van der Waals surface area contributed by atoms with Crippen molar-refractivity contribution in [3.05, 3.63) is 66.0 Å². The van der Waals surface area contributed by atoms with Gasteiger partial charge in [0.25, 0.3) is 0 Å². The van der Waals surface area contributed by atoms with Crippen molar-refractivity contribution >= 4 is 17.7 Å². The van der Waals surface area contributed by atoms with Gasteiger partial charge in [-0.05, 0) is 83.4 Å². The van der Waals surface area contributed by atoms with Crippen molar-refractivity contribution in [2.24, 2.45) is 0 Å². The Labute approximate surface area is 240 Å². The number of carbonyl (C=O) groups is 2. The normalized spacial score (nSPS) is 18.2. The predicted octanol–water partition coefficient (Wildman–Crippen LogP) is 5.50. The van der Waals surface area contributed by atoms with Gasteiger partial charge in [-0.15, -0.1) is 0 Å². The van der Waals surface area contributed by atoms with Crippen LogP contribution in [0.3, 0.4) is 0 Å². The van der Waals surface area contributed by atoms with Gasteiger partial charge in [-0.25, -0.2) is 14.3 Å². The molecule has 1 aromatic heterocycles. The average Bonchev–Trinajstić information content (AvgIpc) is 3.33. The molecule has 5 rings (SSSR count). The zero-order chi connectivity index (χ0) is 29.2. The molecule has 0 bridgehead atoms. The van der Waals surface area contributed by atoms with Crippen molar-refractivity contribution in [2.75, 3.05) is 31.6 Å². The molecule has 1 fully saturated rings. The summed E-state index contributed by atoms with van der Waals surface area (Å²) < 4.78 is 18.5. The number of rotatable bonds is 6. The largest absolute Gasteiger partial charge is 0.461 e. The predicted molar refractivity (Wildman–Crippen MR) is 154 cm³/mol. The highest BCUT2D eigenvalue weighted by atomic mass is 16.6. The standard InChI is InChI=1S/C31H38N4O6/c1-5-39-28(36)27-26-25(33-35(27)21-11-13-23(14-12-21)40-22-9-7-6-8-10-22)24(15-18-32-26)31(38)16-19-34(20-17-31)29(37)41-30(2,3)4/h6-14,24,32,38H,5,15-20H2,1-4H3. The van der Waals surface area contributed by atoms with Crippen LogP contribution in [0.4, 0.5) is 10.5 Å². The molecule has 0 radical (unpaired) electrons. The van der Waals surface area contributed by atoms with Gasteiger partial charge in [0.1, 0.15) is 17.1 Å². The first kappa shape index (κ1) is 28.5. The molecule has 2 aliphatic rings. The second-order valence-corrected chi connectivity index (χ2v) is 11.5. The molecule has 41 heavy (non-hydrogen) atoms. The Balaban J connectivity index is 1.42. The fourth-order valence-corrected chi connectivity index (χ4v) is 5.46. The number of anilines is 1. The van der Waals surface area contributed by atoms with Crippen molar-refractivity contribution in [1.29, 1.82) is 0 Å². The molecule has 0 aliphatic carbocycles. The second kappa shape index (κ2) is 11.4. The van der Waals surface area contributed by atoms with Gasteiger partial charge in [0.2, 0.25) is 0 Å². The lowest BCUT2D eigenvalue weighted by molar-refractivity contribution is -0.0508. The third kappa shape index (κ3) is 6.17. The van der Waals surface area contributed by atoms with Gasteiger partial charge in [0.05, 0.1) is 29.3 Å². The number of hydrogen-bond acceptors (Lipinski definition) is 8. The van der Waals surface area contributed by atoms with Gasteiger partial charge in [-0.2, -0.15) is 5.10 Å². The third-order valence-corrected chi connectivity index (χ3v) is 7.44. The van der Waals surface area contributed by atoms with E-state index in [1.807, 2.05) is 75.4 Å². The van der Waals surface area contributed by atoms with E-state index in [9.17, 15) is 14.7 Å². The van der Waals surface area contributed by atoms with Gasteiger partial charge >= 0.3 is 12.1 Å². The lowest BCUT2D eigenvalue weighted by Crippen LogP contribution is -2.51. The molecule has 0 spiro atoms. The fourth-order valence-electron chi connectivity index (χ4n) is 5.46. The Morgan fingerprint density at radius 3 is 2.34 bits per heavy atom. The molecular weight excluding hydrogens is 524 g/mol. The van der Waals surface area contributed by atoms with Crippen molar-refractivity contribution in [2.45, 2.75) is 64.1 Å². The second-order valence-electron chi connectivity index (χ2n) is 11.5. The van der Waals surface area contributed by atoms with Gasteiger partial charge in [-0.1, -0.05) is 18.2 Å². The molecule has 10 nitrogen and oxygen atoms in total. The number of nitrogens with zero attached hydrogens (tertiary/aromatic N) is 3. The van der Waals surface area contributed by atoms with E-state index < -0.39 is 17.2 Å². The lowest BCUT2D eigenvalue weighted by Gasteiger charge is -2.43. The zero-order valence-electron chi connectivity index (χ0n) is 24.1. The van der Waals surface area contributed by atoms with E-state index in [0.29, 0.717) is 61.7 Å². The maximum Gasteiger partial charge on any atom is 0.410 e. The van der Waals surface area contributed by atoms with Crippen LogP contribution in [-0.2, 0) is 9.47 Å². The summed E-state index contributed by atoms with van der Waals surface area (Å²) in [5.41, 5.74) is 0.475. The Kier molecular flexibility index (Phi) is 7.95. The van der Waals surface area contributed by atoms with Crippen LogP contribution in [0.25, 0.3) is 5.69 Å². The molecule has 2 aromatic carbocycles. The van der Waals surface area contributed by atoms with E-state index >= 15 is 0 Å². The minimum atomic E-state index is -1.09. The first-order valence-electron chi connectivity index (χ1n) is 14.2. The number of fused-ring (bicyclic) bond motifs is 1. The number of ether oxygens (including phenoxy) is 3. The van der Waals surface area contributed by atoms with Crippen molar-refractivity contribution in [1.82, 2.24) is 14.7 Å². The molecular formula is C31H38N4O6. The molecule has 2 N–H and O–H groups in total. The van der Waals surface area contributed by atoms with Crippen LogP contribution in [0, 0.1) is 0 Å². The fraction of sp³-hybridized carbons (Fsp3) is 0.452. The summed E-state index contributed by atoms with van der Waals surface area (Å²) in [4.78, 5) is 27.5. The van der Waals surface area contributed by atoms with E-state index in [1.54, 1.807) is 16.5 Å². The minimum absolute atomic E-state index is 0.219. The summed E-state index contributed by atoms with van der Waals surface area (Å²) in [7, 11) is 0. The first-order chi connectivity index (χ1) is 19.6. The van der Waals surface area contributed by atoms with Gasteiger partial charge in [0, 0.05) is 25.6 Å². The van der Waals surface area contributed by atoms with Crippen LogP contribution >= 0.6 is 0 Å². The summed E-state index contributed by atoms with van der Waals surface area (Å²) >= 11 is 0. The molecule has 10 heteroatoms. The summed E-state index contributed by atoms with van der Waals surface area (Å²) in [6.07, 6.45) is 1.02. The van der Waals surface area contributed by atoms with Crippen LogP contribution < -0.4 is 10.1 Å². The Hall–Kier alpha value is -4.05. The first-order valence-corrected chi connectivity index (χ1v) is 14.2. The van der Waals surface area contributed by atoms with E-state index in [0.717, 1.165) is 5.75 Å². The average molecular weight is 563 g/mol. The maximum absolute atomic E-state index is 13.2. The zero-order valence-corrected chi connectivity index (χ0v) is 24.1. The van der Waals surface area contributed by atoms with Gasteiger partial charge < -0.3 is 29.5 Å². The smallest absolute Gasteiger partial charge is 0.410 e. The molecule has 1 unspecified atom stereocenters. The quantitative estimate of drug-likeness (QED) is 0.379. The number of hydrogen-bond donors (Lipinski definition) is 2. The summed E-state index contributed by atoms with van der Waals surface area (Å²) in [5.74, 6) is 0.553. The number of esters is 1. The Bertz CT molecular complexity index is 1370. The molecule has 1 atom stereocenters. The molecule has 1 amide bonds. The molecule has 2 aliphatic heterocycles. The molecule has 1 saturated heterocycles. The molecule has 0 saturated carbocycles. The van der Waals surface area contributed by atoms with E-state index in [1.165, 1.54) is 0 Å². The number of nitrogens with one attached hydrogen (secondary N) is 1. The van der Waals surface area contributed by atoms with E-state index in [4.69, 9.17) is 19.3 Å². The highest BCUT2D eigenvalue weighted by molar-refractivity contribution is 5.95. The van der Waals surface area contributed by atoms with E-state index in [-0.39, 0.29) is 24.3 Å². The molecule has 218 valence electrons. The molecule has 3 heterocycles. The van der Waals surface area contributed by atoms with Crippen LogP contribution in [0.5, 0.6) is 11.5 Å². The van der Waals surface area contributed by atoms with E-state index in [2.05, 4.69) is 5.32 Å². The number of likely N-dealkylation sites (tertiary alicyclic amines) is 1. The van der Waals surface area contributed by atoms with Crippen LogP contribution in [0.1, 0.15) is 69.1 Å². The number of aliphatic hydroxyl groups is 1. The highest BCUT2D eigenvalue weighted by Gasteiger charge is 2.46. The minimum Gasteiger partial charge on any atom is -0.461 e. The number of carbonyl (C=O) groups excluding carboxylic acids is 2. The van der Waals surface area contributed by atoms with Crippen LogP contribution in [0.15, 0.2) is 54.6 Å². The van der Waals surface area contributed by atoms with Crippen molar-refractivity contribution in [3.63, 3.8) is 0 Å². The lowest BCUT2D eigenvalue weighted by atomic mass is 9.74. The maximum atomic E-state index is 13.2. The van der Waals surface area contributed by atoms with Crippen molar-refractivity contribution < 1.29 is 28.9 Å². The number of benzene rings is 2. The summed E-state index contributed by atoms with van der Waals surface area (Å²) in [6.45, 7) is 8.81. The Morgan fingerprint density at radius 2 is 1.71 bits per heavy atom. The highest BCUT2D eigenvalue weighted by Crippen LogP contribution is 2.45. The van der Waals surface area contributed by atoms with Crippen molar-refractivity contribution in [3.8, 4) is 17.2 Å². The van der Waals surface area contributed by atoms with Gasteiger partial charge in [0.15, 0.2) is 5.69 Å².